The SMILES string of the molecule is C#Cc1nc(N2CC3(COC3)C2)c2cnn(CC3CN(C(=O)OC(C)(C)C)C3)c2n1. The lowest BCUT2D eigenvalue weighted by Gasteiger charge is -2.55. The number of hydrogen-bond acceptors (Lipinski definition) is 7. The molecule has 3 aliphatic rings. The summed E-state index contributed by atoms with van der Waals surface area (Å²) in [5.74, 6) is 4.09. The van der Waals surface area contributed by atoms with Crippen LogP contribution in [0.4, 0.5) is 10.6 Å². The standard InChI is InChI=1S/C21H26N6O3/c1-5-16-23-17(26-10-21(11-26)12-29-13-21)15-6-22-27(18(15)24-16)9-14-7-25(8-14)19(28)30-20(2,3)4/h1,6,14H,7-13H2,2-4H3. The summed E-state index contributed by atoms with van der Waals surface area (Å²) in [5.41, 5.74) is 0.538. The van der Waals surface area contributed by atoms with Crippen molar-refractivity contribution in [1.29, 1.82) is 0 Å². The van der Waals surface area contributed by atoms with Crippen molar-refractivity contribution in [3.05, 3.63) is 12.0 Å². The second-order valence-corrected chi connectivity index (χ2v) is 9.68. The number of aromatic nitrogens is 4. The highest BCUT2D eigenvalue weighted by Gasteiger charge is 2.50. The quantitative estimate of drug-likeness (QED) is 0.709. The zero-order chi connectivity index (χ0) is 21.1. The highest BCUT2D eigenvalue weighted by molar-refractivity contribution is 5.87. The molecule has 5 heterocycles. The topological polar surface area (TPSA) is 85.6 Å². The van der Waals surface area contributed by atoms with E-state index in [-0.39, 0.29) is 11.5 Å². The van der Waals surface area contributed by atoms with Crippen molar-refractivity contribution >= 4 is 22.9 Å². The van der Waals surface area contributed by atoms with Gasteiger partial charge in [-0.2, -0.15) is 5.10 Å². The van der Waals surface area contributed by atoms with Gasteiger partial charge in [-0.05, 0) is 26.7 Å². The van der Waals surface area contributed by atoms with Crippen LogP contribution in [-0.4, -0.2) is 75.7 Å². The minimum Gasteiger partial charge on any atom is -0.444 e. The molecule has 0 bridgehead atoms. The summed E-state index contributed by atoms with van der Waals surface area (Å²) in [6.45, 7) is 11.0. The molecule has 2 aromatic rings. The normalized spacial score (nSPS) is 20.5. The van der Waals surface area contributed by atoms with Crippen LogP contribution in [0.1, 0.15) is 26.6 Å². The minimum absolute atomic E-state index is 0.269. The van der Waals surface area contributed by atoms with Crippen LogP contribution in [0, 0.1) is 23.7 Å². The van der Waals surface area contributed by atoms with Crippen molar-refractivity contribution in [2.45, 2.75) is 32.9 Å². The molecule has 1 amide bonds. The summed E-state index contributed by atoms with van der Waals surface area (Å²) < 4.78 is 12.7. The Balaban J connectivity index is 1.30. The molecule has 0 aliphatic carbocycles. The average Bonchev–Trinajstić information content (AvgIpc) is 2.96. The van der Waals surface area contributed by atoms with Crippen LogP contribution in [0.3, 0.4) is 0 Å². The Hall–Kier alpha value is -2.86. The first kappa shape index (κ1) is 19.1. The average molecular weight is 410 g/mol. The third-order valence-corrected chi connectivity index (χ3v) is 5.81. The Morgan fingerprint density at radius 1 is 1.33 bits per heavy atom. The molecule has 5 rings (SSSR count). The summed E-state index contributed by atoms with van der Waals surface area (Å²) in [6, 6.07) is 0. The van der Waals surface area contributed by atoms with Gasteiger partial charge in [0.2, 0.25) is 5.82 Å². The maximum Gasteiger partial charge on any atom is 0.410 e. The van der Waals surface area contributed by atoms with Crippen molar-refractivity contribution in [3.63, 3.8) is 0 Å². The van der Waals surface area contributed by atoms with Gasteiger partial charge in [0.05, 0.1) is 30.2 Å². The zero-order valence-corrected chi connectivity index (χ0v) is 17.6. The number of hydrogen-bond donors (Lipinski definition) is 0. The second-order valence-electron chi connectivity index (χ2n) is 9.68. The molecule has 3 fully saturated rings. The minimum atomic E-state index is -0.486. The number of fused-ring (bicyclic) bond motifs is 1. The van der Waals surface area contributed by atoms with Gasteiger partial charge in [0.25, 0.3) is 0 Å². The van der Waals surface area contributed by atoms with Crippen LogP contribution in [0.15, 0.2) is 6.20 Å². The molecular weight excluding hydrogens is 384 g/mol. The Morgan fingerprint density at radius 3 is 2.67 bits per heavy atom. The number of ether oxygens (including phenoxy) is 2. The number of carbonyl (C=O) groups is 1. The fourth-order valence-electron chi connectivity index (χ4n) is 4.27. The van der Waals surface area contributed by atoms with Crippen molar-refractivity contribution in [1.82, 2.24) is 24.6 Å². The number of rotatable bonds is 3. The van der Waals surface area contributed by atoms with E-state index < -0.39 is 5.60 Å². The first-order valence-electron chi connectivity index (χ1n) is 10.3. The largest absolute Gasteiger partial charge is 0.444 e. The molecule has 3 aliphatic heterocycles. The maximum absolute atomic E-state index is 12.2. The fraction of sp³-hybridized carbons (Fsp3) is 0.619. The molecular formula is C21H26N6O3. The molecule has 0 aromatic carbocycles. The molecule has 3 saturated heterocycles. The smallest absolute Gasteiger partial charge is 0.410 e. The Labute approximate surface area is 175 Å². The molecule has 9 nitrogen and oxygen atoms in total. The fourth-order valence-corrected chi connectivity index (χ4v) is 4.27. The Kier molecular flexibility index (Phi) is 4.19. The molecule has 158 valence electrons. The Morgan fingerprint density at radius 2 is 2.07 bits per heavy atom. The van der Waals surface area contributed by atoms with Gasteiger partial charge in [0.15, 0.2) is 5.65 Å². The molecule has 1 spiro atoms. The van der Waals surface area contributed by atoms with Crippen molar-refractivity contribution in [2.24, 2.45) is 11.3 Å². The third-order valence-electron chi connectivity index (χ3n) is 5.81. The number of likely N-dealkylation sites (tertiary alicyclic amines) is 1. The number of amides is 1. The van der Waals surface area contributed by atoms with E-state index in [0.29, 0.717) is 31.4 Å². The van der Waals surface area contributed by atoms with Gasteiger partial charge in [0.1, 0.15) is 11.4 Å². The Bertz CT molecular complexity index is 1030. The predicted octanol–water partition coefficient (Wildman–Crippen LogP) is 1.51. The van der Waals surface area contributed by atoms with Gasteiger partial charge >= 0.3 is 6.09 Å². The number of carbonyl (C=O) groups excluding carboxylic acids is 1. The lowest BCUT2D eigenvalue weighted by molar-refractivity contribution is -0.127. The molecule has 0 N–H and O–H groups in total. The van der Waals surface area contributed by atoms with E-state index in [1.807, 2.05) is 31.6 Å². The van der Waals surface area contributed by atoms with E-state index >= 15 is 0 Å². The van der Waals surface area contributed by atoms with Gasteiger partial charge < -0.3 is 19.3 Å². The molecule has 30 heavy (non-hydrogen) atoms. The number of anilines is 1. The van der Waals surface area contributed by atoms with Crippen molar-refractivity contribution in [3.8, 4) is 12.3 Å². The summed E-state index contributed by atoms with van der Waals surface area (Å²) in [7, 11) is 0. The summed E-state index contributed by atoms with van der Waals surface area (Å²) in [4.78, 5) is 25.2. The second kappa shape index (κ2) is 6.57. The third kappa shape index (κ3) is 3.25. The first-order valence-corrected chi connectivity index (χ1v) is 10.3. The monoisotopic (exact) mass is 410 g/mol. The van der Waals surface area contributed by atoms with E-state index in [1.165, 1.54) is 0 Å². The van der Waals surface area contributed by atoms with Gasteiger partial charge in [-0.25, -0.2) is 19.4 Å². The molecule has 0 unspecified atom stereocenters. The number of terminal acetylenes is 1. The van der Waals surface area contributed by atoms with Gasteiger partial charge in [-0.3, -0.25) is 0 Å². The van der Waals surface area contributed by atoms with Crippen LogP contribution < -0.4 is 4.90 Å². The molecule has 9 heteroatoms. The van der Waals surface area contributed by atoms with E-state index in [2.05, 4.69) is 25.9 Å². The van der Waals surface area contributed by atoms with Gasteiger partial charge in [-0.1, -0.05) is 0 Å². The van der Waals surface area contributed by atoms with Crippen LogP contribution in [-0.2, 0) is 16.0 Å². The first-order chi connectivity index (χ1) is 14.3. The van der Waals surface area contributed by atoms with Crippen LogP contribution in [0.5, 0.6) is 0 Å². The highest BCUT2D eigenvalue weighted by atomic mass is 16.6. The van der Waals surface area contributed by atoms with Gasteiger partial charge in [-0.15, -0.1) is 6.42 Å². The highest BCUT2D eigenvalue weighted by Crippen LogP contribution is 2.41. The van der Waals surface area contributed by atoms with Crippen LogP contribution in [0.25, 0.3) is 11.0 Å². The zero-order valence-electron chi connectivity index (χ0n) is 17.6. The van der Waals surface area contributed by atoms with E-state index in [1.54, 1.807) is 4.90 Å². The molecule has 0 saturated carbocycles. The number of nitrogens with zero attached hydrogens (tertiary/aromatic N) is 6. The van der Waals surface area contributed by atoms with Crippen LogP contribution >= 0.6 is 0 Å². The van der Waals surface area contributed by atoms with E-state index in [9.17, 15) is 4.79 Å². The summed E-state index contributed by atoms with van der Waals surface area (Å²) in [5, 5.41) is 5.46. The van der Waals surface area contributed by atoms with E-state index in [4.69, 9.17) is 15.9 Å². The lowest BCUT2D eigenvalue weighted by Crippen LogP contribution is -2.66. The predicted molar refractivity (Wildman–Crippen MR) is 110 cm³/mol. The molecule has 0 radical (unpaired) electrons. The summed E-state index contributed by atoms with van der Waals surface area (Å²) in [6.07, 6.45) is 7.17. The van der Waals surface area contributed by atoms with Crippen LogP contribution in [0.2, 0.25) is 0 Å². The molecule has 2 aromatic heterocycles. The maximum atomic E-state index is 12.2. The summed E-state index contributed by atoms with van der Waals surface area (Å²) >= 11 is 0. The van der Waals surface area contributed by atoms with Crippen molar-refractivity contribution in [2.75, 3.05) is 44.3 Å². The van der Waals surface area contributed by atoms with Crippen molar-refractivity contribution < 1.29 is 14.3 Å². The van der Waals surface area contributed by atoms with Gasteiger partial charge in [0, 0.05) is 38.6 Å². The molecule has 0 atom stereocenters. The van der Waals surface area contributed by atoms with E-state index in [0.717, 1.165) is 43.2 Å². The lowest BCUT2D eigenvalue weighted by atomic mass is 9.78.